The average molecular weight is 292 g/mol. The Bertz CT molecular complexity index is 743. The van der Waals surface area contributed by atoms with E-state index in [4.69, 9.17) is 0 Å². The van der Waals surface area contributed by atoms with Gasteiger partial charge >= 0.3 is 0 Å². The molecule has 0 aliphatic heterocycles. The van der Waals surface area contributed by atoms with E-state index in [9.17, 15) is 4.79 Å². The van der Waals surface area contributed by atoms with E-state index in [2.05, 4.69) is 24.1 Å². The van der Waals surface area contributed by atoms with E-state index < -0.39 is 0 Å². The summed E-state index contributed by atoms with van der Waals surface area (Å²) in [5.41, 5.74) is 4.71. The van der Waals surface area contributed by atoms with E-state index in [1.54, 1.807) is 0 Å². The molecule has 0 saturated heterocycles. The topological polar surface area (TPSA) is 41.8 Å². The number of ketones is 1. The molecule has 0 fully saturated rings. The summed E-state index contributed by atoms with van der Waals surface area (Å²) in [6, 6.07) is 13.7. The van der Waals surface area contributed by atoms with Crippen LogP contribution >= 0.6 is 0 Å². The molecular formula is C19H20N2O. The van der Waals surface area contributed by atoms with Crippen molar-refractivity contribution in [1.82, 2.24) is 0 Å². The Morgan fingerprint density at radius 3 is 2.32 bits per heavy atom. The number of rotatable bonds is 2. The van der Waals surface area contributed by atoms with E-state index >= 15 is 0 Å². The molecule has 3 nitrogen and oxygen atoms in total. The van der Waals surface area contributed by atoms with Gasteiger partial charge in [0.15, 0.2) is 5.78 Å². The Hall–Kier alpha value is -2.29. The fourth-order valence-electron chi connectivity index (χ4n) is 2.84. The highest BCUT2D eigenvalue weighted by Crippen LogP contribution is 2.38. The molecule has 0 saturated carbocycles. The minimum absolute atomic E-state index is 0.0515. The van der Waals surface area contributed by atoms with Gasteiger partial charge in [-0.15, -0.1) is 0 Å². The van der Waals surface area contributed by atoms with Crippen LogP contribution in [-0.2, 0) is 5.41 Å². The van der Waals surface area contributed by atoms with Crippen molar-refractivity contribution in [2.45, 2.75) is 39.0 Å². The molecule has 0 bridgehead atoms. The summed E-state index contributed by atoms with van der Waals surface area (Å²) in [5.74, 6) is 0.210. The zero-order valence-electron chi connectivity index (χ0n) is 13.3. The van der Waals surface area contributed by atoms with Gasteiger partial charge in [0.05, 0.1) is 11.4 Å². The van der Waals surface area contributed by atoms with Crippen LogP contribution in [0.15, 0.2) is 52.7 Å². The van der Waals surface area contributed by atoms with Gasteiger partial charge in [-0.25, -0.2) is 0 Å². The van der Waals surface area contributed by atoms with Crippen LogP contribution in [0.2, 0.25) is 0 Å². The predicted octanol–water partition coefficient (Wildman–Crippen LogP) is 5.66. The fraction of sp³-hybridized carbons (Fsp3) is 0.316. The average Bonchev–Trinajstić information content (AvgIpc) is 2.51. The van der Waals surface area contributed by atoms with Crippen LogP contribution < -0.4 is 0 Å². The minimum atomic E-state index is 0.0515. The second-order valence-corrected chi connectivity index (χ2v) is 6.57. The Labute approximate surface area is 131 Å². The molecule has 3 heteroatoms. The van der Waals surface area contributed by atoms with Gasteiger partial charge in [0.1, 0.15) is 0 Å². The minimum Gasteiger partial charge on any atom is -0.294 e. The van der Waals surface area contributed by atoms with Gasteiger partial charge in [0.2, 0.25) is 0 Å². The normalized spacial score (nSPS) is 16.8. The molecule has 0 amide bonds. The second-order valence-electron chi connectivity index (χ2n) is 6.57. The van der Waals surface area contributed by atoms with Crippen molar-refractivity contribution in [3.63, 3.8) is 0 Å². The van der Waals surface area contributed by atoms with E-state index in [1.807, 2.05) is 49.4 Å². The first-order valence-electron chi connectivity index (χ1n) is 7.62. The number of benzene rings is 2. The fourth-order valence-corrected chi connectivity index (χ4v) is 2.84. The van der Waals surface area contributed by atoms with Gasteiger partial charge in [-0.1, -0.05) is 37.6 Å². The lowest BCUT2D eigenvalue weighted by molar-refractivity contribution is 0.0957. The highest BCUT2D eigenvalue weighted by Gasteiger charge is 2.31. The zero-order chi connectivity index (χ0) is 15.7. The monoisotopic (exact) mass is 292 g/mol. The highest BCUT2D eigenvalue weighted by molar-refractivity contribution is 5.99. The summed E-state index contributed by atoms with van der Waals surface area (Å²) in [5, 5.41) is 8.51. The molecule has 1 aliphatic carbocycles. The number of Topliss-reactive ketones (excluding diaryl/α,β-unsaturated/α-hetero) is 1. The van der Waals surface area contributed by atoms with Gasteiger partial charge in [0.25, 0.3) is 0 Å². The van der Waals surface area contributed by atoms with E-state index in [-0.39, 0.29) is 11.2 Å². The number of nitrogens with zero attached hydrogens (tertiary/aromatic N) is 2. The van der Waals surface area contributed by atoms with E-state index in [0.29, 0.717) is 6.42 Å². The third-order valence-corrected chi connectivity index (χ3v) is 4.32. The number of hydrogen-bond donors (Lipinski definition) is 0. The summed E-state index contributed by atoms with van der Waals surface area (Å²) in [7, 11) is 0. The first-order chi connectivity index (χ1) is 10.5. The molecule has 2 aromatic rings. The lowest BCUT2D eigenvalue weighted by Gasteiger charge is -2.31. The molecule has 0 heterocycles. The largest absolute Gasteiger partial charge is 0.294 e. The molecule has 0 aromatic heterocycles. The second kappa shape index (κ2) is 5.48. The van der Waals surface area contributed by atoms with Crippen molar-refractivity contribution in [3.05, 3.63) is 59.2 Å². The smallest absolute Gasteiger partial charge is 0.163 e. The summed E-state index contributed by atoms with van der Waals surface area (Å²) < 4.78 is 0. The highest BCUT2D eigenvalue weighted by atomic mass is 16.1. The van der Waals surface area contributed by atoms with Crippen molar-refractivity contribution in [2.75, 3.05) is 0 Å². The Morgan fingerprint density at radius 2 is 1.59 bits per heavy atom. The van der Waals surface area contributed by atoms with Gasteiger partial charge in [-0.05, 0) is 48.6 Å². The van der Waals surface area contributed by atoms with E-state index in [1.165, 1.54) is 5.56 Å². The van der Waals surface area contributed by atoms with Gasteiger partial charge < -0.3 is 0 Å². The maximum absolute atomic E-state index is 12.2. The summed E-state index contributed by atoms with van der Waals surface area (Å²) in [4.78, 5) is 12.2. The number of carbonyl (C=O) groups excluding carboxylic acids is 1. The SMILES string of the molecule is Cc1ccc(N=Nc2ccc3c(c2)C(=O)CCC3(C)C)cc1. The molecule has 0 unspecified atom stereocenters. The van der Waals surface area contributed by atoms with Crippen LogP contribution in [-0.4, -0.2) is 5.78 Å². The first-order valence-corrected chi connectivity index (χ1v) is 7.62. The number of azo groups is 1. The Morgan fingerprint density at radius 1 is 0.955 bits per heavy atom. The summed E-state index contributed by atoms with van der Waals surface area (Å²) in [6.07, 6.45) is 1.52. The van der Waals surface area contributed by atoms with Crippen LogP contribution in [0.25, 0.3) is 0 Å². The molecule has 0 radical (unpaired) electrons. The molecule has 3 rings (SSSR count). The van der Waals surface area contributed by atoms with Gasteiger partial charge in [0, 0.05) is 12.0 Å². The third-order valence-electron chi connectivity index (χ3n) is 4.32. The van der Waals surface area contributed by atoms with Crippen molar-refractivity contribution in [3.8, 4) is 0 Å². The third kappa shape index (κ3) is 2.84. The molecule has 1 aliphatic rings. The first kappa shape index (κ1) is 14.6. The van der Waals surface area contributed by atoms with Crippen molar-refractivity contribution in [2.24, 2.45) is 10.2 Å². The Kier molecular flexibility index (Phi) is 3.65. The van der Waals surface area contributed by atoms with Crippen LogP contribution in [0.4, 0.5) is 11.4 Å². The van der Waals surface area contributed by atoms with Crippen LogP contribution in [0.5, 0.6) is 0 Å². The lowest BCUT2D eigenvalue weighted by atomic mass is 9.72. The van der Waals surface area contributed by atoms with Crippen molar-refractivity contribution in [1.29, 1.82) is 0 Å². The molecular weight excluding hydrogens is 272 g/mol. The Balaban J connectivity index is 1.92. The summed E-state index contributed by atoms with van der Waals surface area (Å²) in [6.45, 7) is 6.41. The summed E-state index contributed by atoms with van der Waals surface area (Å²) >= 11 is 0. The maximum atomic E-state index is 12.2. The number of fused-ring (bicyclic) bond motifs is 1. The standard InChI is InChI=1S/C19H20N2O/c1-13-4-6-14(7-5-13)20-21-15-8-9-17-16(12-15)18(22)10-11-19(17,2)3/h4-9,12H,10-11H2,1-3H3. The van der Waals surface area contributed by atoms with E-state index in [0.717, 1.165) is 28.9 Å². The molecule has 22 heavy (non-hydrogen) atoms. The molecule has 0 N–H and O–H groups in total. The molecule has 0 spiro atoms. The zero-order valence-corrected chi connectivity index (χ0v) is 13.3. The maximum Gasteiger partial charge on any atom is 0.163 e. The number of carbonyl (C=O) groups is 1. The predicted molar refractivity (Wildman–Crippen MR) is 88.4 cm³/mol. The molecule has 112 valence electrons. The van der Waals surface area contributed by atoms with Crippen molar-refractivity contribution >= 4 is 17.2 Å². The van der Waals surface area contributed by atoms with Crippen LogP contribution in [0.3, 0.4) is 0 Å². The van der Waals surface area contributed by atoms with Crippen molar-refractivity contribution < 1.29 is 4.79 Å². The van der Waals surface area contributed by atoms with Crippen LogP contribution in [0, 0.1) is 6.92 Å². The number of hydrogen-bond acceptors (Lipinski definition) is 3. The number of aryl methyl sites for hydroxylation is 1. The lowest BCUT2D eigenvalue weighted by Crippen LogP contribution is -2.27. The van der Waals surface area contributed by atoms with Gasteiger partial charge in [-0.3, -0.25) is 4.79 Å². The molecule has 2 aromatic carbocycles. The van der Waals surface area contributed by atoms with Gasteiger partial charge in [-0.2, -0.15) is 10.2 Å². The molecule has 0 atom stereocenters. The van der Waals surface area contributed by atoms with Crippen LogP contribution in [0.1, 0.15) is 48.2 Å². The quantitative estimate of drug-likeness (QED) is 0.658.